The molecule has 4 heteroatoms. The topological polar surface area (TPSA) is 70.3 Å². The molecule has 0 amide bonds. The van der Waals surface area contributed by atoms with E-state index in [1.54, 1.807) is 30.3 Å². The van der Waals surface area contributed by atoms with Gasteiger partial charge in [0.1, 0.15) is 5.75 Å². The average molecular weight is 205 g/mol. The molecule has 0 aromatic heterocycles. The Labute approximate surface area is 87.7 Å². The van der Waals surface area contributed by atoms with E-state index < -0.39 is 11.4 Å². The van der Waals surface area contributed by atoms with Gasteiger partial charge in [0.2, 0.25) is 0 Å². The van der Waals surface area contributed by atoms with Gasteiger partial charge in [0, 0.05) is 5.56 Å². The number of nitrogens with zero attached hydrogens (tertiary/aromatic N) is 1. The summed E-state index contributed by atoms with van der Waals surface area (Å²) in [6.07, 6.45) is 0. The molecule has 4 nitrogen and oxygen atoms in total. The quantitative estimate of drug-likeness (QED) is 0.812. The minimum atomic E-state index is -1.58. The van der Waals surface area contributed by atoms with Crippen LogP contribution in [-0.4, -0.2) is 18.2 Å². The maximum atomic E-state index is 11.0. The molecule has 1 unspecified atom stereocenters. The molecule has 15 heavy (non-hydrogen) atoms. The molecule has 0 saturated heterocycles. The second kappa shape index (κ2) is 4.01. The van der Waals surface area contributed by atoms with Crippen LogP contribution in [0.25, 0.3) is 0 Å². The van der Waals surface area contributed by atoms with E-state index in [9.17, 15) is 4.79 Å². The second-order valence-corrected chi connectivity index (χ2v) is 3.24. The maximum absolute atomic E-state index is 11.0. The minimum absolute atomic E-state index is 0.363. The van der Waals surface area contributed by atoms with Crippen LogP contribution in [0.5, 0.6) is 5.75 Å². The van der Waals surface area contributed by atoms with Crippen LogP contribution in [0.15, 0.2) is 24.3 Å². The standard InChI is InChI=1S/C11H11NO3/c1-11(7-12,10(13)14)8-5-3-4-6-9(8)15-2/h3-6H,1-2H3,(H,13,14). The SMILES string of the molecule is COc1ccccc1C(C)(C#N)C(=O)O. The Bertz CT molecular complexity index is 422. The number of carboxylic acids is 1. The third kappa shape index (κ3) is 1.77. The van der Waals surface area contributed by atoms with Crippen molar-refractivity contribution < 1.29 is 14.6 Å². The zero-order valence-electron chi connectivity index (χ0n) is 8.52. The van der Waals surface area contributed by atoms with Gasteiger partial charge in [-0.15, -0.1) is 0 Å². The van der Waals surface area contributed by atoms with E-state index in [-0.39, 0.29) is 0 Å². The van der Waals surface area contributed by atoms with Crippen molar-refractivity contribution in [3.8, 4) is 11.8 Å². The summed E-state index contributed by atoms with van der Waals surface area (Å²) in [7, 11) is 1.44. The third-order valence-corrected chi connectivity index (χ3v) is 2.30. The lowest BCUT2D eigenvalue weighted by Gasteiger charge is -2.19. The molecule has 0 radical (unpaired) electrons. The molecular formula is C11H11NO3. The van der Waals surface area contributed by atoms with Gasteiger partial charge < -0.3 is 9.84 Å². The summed E-state index contributed by atoms with van der Waals surface area (Å²) in [4.78, 5) is 11.0. The molecule has 1 aromatic rings. The molecule has 0 aliphatic rings. The molecule has 0 saturated carbocycles. The van der Waals surface area contributed by atoms with Crippen molar-refractivity contribution in [2.24, 2.45) is 0 Å². The van der Waals surface area contributed by atoms with Gasteiger partial charge in [0.05, 0.1) is 13.2 Å². The number of hydrogen-bond acceptors (Lipinski definition) is 3. The van der Waals surface area contributed by atoms with Gasteiger partial charge in [-0.1, -0.05) is 18.2 Å². The fourth-order valence-electron chi connectivity index (χ4n) is 1.28. The van der Waals surface area contributed by atoms with Gasteiger partial charge in [-0.25, -0.2) is 0 Å². The number of methoxy groups -OCH3 is 1. The molecule has 78 valence electrons. The summed E-state index contributed by atoms with van der Waals surface area (Å²) in [5.74, 6) is -0.779. The van der Waals surface area contributed by atoms with Crippen LogP contribution in [0.3, 0.4) is 0 Å². The number of aliphatic carboxylic acids is 1. The van der Waals surface area contributed by atoms with E-state index in [1.807, 2.05) is 0 Å². The Balaban J connectivity index is 3.37. The Morgan fingerprint density at radius 3 is 2.60 bits per heavy atom. The summed E-state index contributed by atoms with van der Waals surface area (Å²) in [5, 5.41) is 18.0. The van der Waals surface area contributed by atoms with Crippen LogP contribution in [0.2, 0.25) is 0 Å². The monoisotopic (exact) mass is 205 g/mol. The van der Waals surface area contributed by atoms with E-state index in [2.05, 4.69) is 0 Å². The number of hydrogen-bond donors (Lipinski definition) is 1. The summed E-state index contributed by atoms with van der Waals surface area (Å²) in [5.41, 5.74) is -1.21. The lowest BCUT2D eigenvalue weighted by Crippen LogP contribution is -2.30. The largest absolute Gasteiger partial charge is 0.496 e. The first-order chi connectivity index (χ1) is 7.06. The molecule has 0 aliphatic carbocycles. The maximum Gasteiger partial charge on any atom is 0.328 e. The second-order valence-electron chi connectivity index (χ2n) is 3.24. The van der Waals surface area contributed by atoms with Crippen LogP contribution < -0.4 is 4.74 Å². The van der Waals surface area contributed by atoms with Gasteiger partial charge in [-0.05, 0) is 13.0 Å². The lowest BCUT2D eigenvalue weighted by molar-refractivity contribution is -0.141. The van der Waals surface area contributed by atoms with Gasteiger partial charge in [0.15, 0.2) is 5.41 Å². The summed E-state index contributed by atoms with van der Waals surface area (Å²) >= 11 is 0. The van der Waals surface area contributed by atoms with Crippen LogP contribution in [0.4, 0.5) is 0 Å². The van der Waals surface area contributed by atoms with Crippen molar-refractivity contribution >= 4 is 5.97 Å². The van der Waals surface area contributed by atoms with E-state index in [4.69, 9.17) is 15.1 Å². The van der Waals surface area contributed by atoms with Crippen molar-refractivity contribution in [3.05, 3.63) is 29.8 Å². The van der Waals surface area contributed by atoms with Crippen LogP contribution in [-0.2, 0) is 10.2 Å². The first kappa shape index (κ1) is 11.1. The third-order valence-electron chi connectivity index (χ3n) is 2.30. The highest BCUT2D eigenvalue weighted by Crippen LogP contribution is 2.31. The Kier molecular flexibility index (Phi) is 2.96. The number of carbonyl (C=O) groups is 1. The first-order valence-corrected chi connectivity index (χ1v) is 4.34. The van der Waals surface area contributed by atoms with Crippen molar-refractivity contribution in [2.75, 3.05) is 7.11 Å². The molecular weight excluding hydrogens is 194 g/mol. The molecule has 1 N–H and O–H groups in total. The zero-order chi connectivity index (χ0) is 11.5. The molecule has 0 spiro atoms. The molecule has 1 rings (SSSR count). The van der Waals surface area contributed by atoms with Crippen molar-refractivity contribution in [2.45, 2.75) is 12.3 Å². The highest BCUT2D eigenvalue weighted by Gasteiger charge is 2.37. The molecule has 0 bridgehead atoms. The van der Waals surface area contributed by atoms with E-state index in [1.165, 1.54) is 14.0 Å². The smallest absolute Gasteiger partial charge is 0.328 e. The van der Waals surface area contributed by atoms with E-state index in [0.29, 0.717) is 11.3 Å². The average Bonchev–Trinajstić information content (AvgIpc) is 2.27. The molecule has 0 heterocycles. The predicted molar refractivity (Wildman–Crippen MR) is 53.6 cm³/mol. The van der Waals surface area contributed by atoms with Gasteiger partial charge in [0.25, 0.3) is 0 Å². The van der Waals surface area contributed by atoms with Crippen molar-refractivity contribution in [1.82, 2.24) is 0 Å². The molecule has 1 aromatic carbocycles. The summed E-state index contributed by atoms with van der Waals surface area (Å²) in [6, 6.07) is 8.40. The fraction of sp³-hybridized carbons (Fsp3) is 0.273. The number of benzene rings is 1. The van der Waals surface area contributed by atoms with Crippen molar-refractivity contribution in [1.29, 1.82) is 5.26 Å². The number of rotatable bonds is 3. The predicted octanol–water partition coefficient (Wildman–Crippen LogP) is 1.56. The first-order valence-electron chi connectivity index (χ1n) is 4.34. The van der Waals surface area contributed by atoms with Crippen molar-refractivity contribution in [3.63, 3.8) is 0 Å². The Morgan fingerprint density at radius 1 is 1.53 bits per heavy atom. The number of carboxylic acid groups (broad SMARTS) is 1. The van der Waals surface area contributed by atoms with Gasteiger partial charge in [-0.3, -0.25) is 4.79 Å². The number of nitriles is 1. The minimum Gasteiger partial charge on any atom is -0.496 e. The zero-order valence-corrected chi connectivity index (χ0v) is 8.52. The number of para-hydroxylation sites is 1. The highest BCUT2D eigenvalue weighted by atomic mass is 16.5. The molecule has 1 atom stereocenters. The molecule has 0 fully saturated rings. The van der Waals surface area contributed by atoms with Gasteiger partial charge in [-0.2, -0.15) is 5.26 Å². The van der Waals surface area contributed by atoms with E-state index in [0.717, 1.165) is 0 Å². The van der Waals surface area contributed by atoms with Crippen LogP contribution in [0.1, 0.15) is 12.5 Å². The Morgan fingerprint density at radius 2 is 2.13 bits per heavy atom. The fourth-order valence-corrected chi connectivity index (χ4v) is 1.28. The summed E-state index contributed by atoms with van der Waals surface area (Å²) < 4.78 is 5.03. The van der Waals surface area contributed by atoms with Crippen LogP contribution in [0, 0.1) is 11.3 Å². The highest BCUT2D eigenvalue weighted by molar-refractivity contribution is 5.85. The normalized spacial score (nSPS) is 13.7. The lowest BCUT2D eigenvalue weighted by atomic mass is 9.83. The number of ether oxygens (including phenoxy) is 1. The summed E-state index contributed by atoms with van der Waals surface area (Å²) in [6.45, 7) is 1.35. The van der Waals surface area contributed by atoms with Gasteiger partial charge >= 0.3 is 5.97 Å². The van der Waals surface area contributed by atoms with Crippen LogP contribution >= 0.6 is 0 Å². The Hall–Kier alpha value is -2.02. The molecule has 0 aliphatic heterocycles. The van der Waals surface area contributed by atoms with E-state index >= 15 is 0 Å².